The normalized spacial score (nSPS) is 12.3. The van der Waals surface area contributed by atoms with Crippen molar-refractivity contribution in [1.29, 1.82) is 0 Å². The molecule has 0 amide bonds. The maximum atomic E-state index is 10.9. The van der Waals surface area contributed by atoms with E-state index in [1.807, 2.05) is 13.1 Å². The van der Waals surface area contributed by atoms with Crippen LogP contribution in [0.1, 0.15) is 18.1 Å². The number of benzene rings is 1. The van der Waals surface area contributed by atoms with E-state index in [-0.39, 0.29) is 16.7 Å². The van der Waals surface area contributed by atoms with Crippen LogP contribution < -0.4 is 5.73 Å². The fourth-order valence-corrected chi connectivity index (χ4v) is 1.97. The van der Waals surface area contributed by atoms with Gasteiger partial charge in [-0.3, -0.25) is 14.8 Å². The van der Waals surface area contributed by atoms with E-state index in [4.69, 9.17) is 5.73 Å². The number of para-hydroxylation sites is 1. The van der Waals surface area contributed by atoms with Crippen LogP contribution in [0, 0.1) is 10.1 Å². The van der Waals surface area contributed by atoms with Gasteiger partial charge in [-0.05, 0) is 18.9 Å². The Balaban J connectivity index is 2.17. The summed E-state index contributed by atoms with van der Waals surface area (Å²) in [6.07, 6.45) is 4.37. The Hall–Kier alpha value is -2.21. The minimum atomic E-state index is -0.373. The quantitative estimate of drug-likeness (QED) is 0.655. The minimum Gasteiger partial charge on any atom is -0.328 e. The van der Waals surface area contributed by atoms with E-state index in [1.54, 1.807) is 29.1 Å². The van der Waals surface area contributed by atoms with Crippen molar-refractivity contribution < 1.29 is 4.92 Å². The van der Waals surface area contributed by atoms with Gasteiger partial charge in [0.05, 0.1) is 23.2 Å². The molecule has 0 radical (unpaired) electrons. The molecule has 1 unspecified atom stereocenters. The molecular formula is C13H16N4O2. The highest BCUT2D eigenvalue weighted by Gasteiger charge is 2.13. The Morgan fingerprint density at radius 1 is 1.47 bits per heavy atom. The van der Waals surface area contributed by atoms with Gasteiger partial charge in [0.2, 0.25) is 0 Å². The molecule has 0 aliphatic carbocycles. The third-order valence-electron chi connectivity index (χ3n) is 2.77. The molecule has 1 heterocycles. The van der Waals surface area contributed by atoms with Crippen molar-refractivity contribution in [1.82, 2.24) is 9.78 Å². The summed E-state index contributed by atoms with van der Waals surface area (Å²) in [6, 6.07) is 6.76. The molecule has 6 nitrogen and oxygen atoms in total. The summed E-state index contributed by atoms with van der Waals surface area (Å²) in [4.78, 5) is 10.5. The van der Waals surface area contributed by atoms with Crippen molar-refractivity contribution in [2.75, 3.05) is 0 Å². The van der Waals surface area contributed by atoms with E-state index in [0.29, 0.717) is 12.1 Å². The Morgan fingerprint density at radius 2 is 2.21 bits per heavy atom. The zero-order valence-corrected chi connectivity index (χ0v) is 10.7. The lowest BCUT2D eigenvalue weighted by Crippen LogP contribution is -2.17. The van der Waals surface area contributed by atoms with Gasteiger partial charge in [0, 0.05) is 18.3 Å². The molecule has 2 rings (SSSR count). The number of nitro groups is 1. The summed E-state index contributed by atoms with van der Waals surface area (Å²) >= 11 is 0. The maximum Gasteiger partial charge on any atom is 0.274 e. The fraction of sp³-hybridized carbons (Fsp3) is 0.308. The average Bonchev–Trinajstić information content (AvgIpc) is 2.76. The van der Waals surface area contributed by atoms with Gasteiger partial charge in [-0.25, -0.2) is 0 Å². The first-order chi connectivity index (χ1) is 9.06. The third-order valence-corrected chi connectivity index (χ3v) is 2.77. The number of hydrogen-bond donors (Lipinski definition) is 1. The highest BCUT2D eigenvalue weighted by atomic mass is 16.6. The van der Waals surface area contributed by atoms with Crippen molar-refractivity contribution >= 4 is 5.69 Å². The van der Waals surface area contributed by atoms with Crippen LogP contribution in [0.4, 0.5) is 5.69 Å². The van der Waals surface area contributed by atoms with E-state index in [1.165, 1.54) is 6.07 Å². The number of rotatable bonds is 5. The highest BCUT2D eigenvalue weighted by molar-refractivity contribution is 5.39. The van der Waals surface area contributed by atoms with Crippen LogP contribution in [0.5, 0.6) is 0 Å². The molecule has 2 aromatic rings. The van der Waals surface area contributed by atoms with E-state index < -0.39 is 0 Å². The van der Waals surface area contributed by atoms with Gasteiger partial charge in [-0.2, -0.15) is 5.10 Å². The van der Waals surface area contributed by atoms with Gasteiger partial charge in [0.25, 0.3) is 5.69 Å². The molecule has 100 valence electrons. The fourth-order valence-electron chi connectivity index (χ4n) is 1.97. The van der Waals surface area contributed by atoms with Crippen LogP contribution in [0.2, 0.25) is 0 Å². The topological polar surface area (TPSA) is 87.0 Å². The smallest absolute Gasteiger partial charge is 0.274 e. The first-order valence-electron chi connectivity index (χ1n) is 6.05. The molecular weight excluding hydrogens is 244 g/mol. The molecule has 0 fully saturated rings. The standard InChI is InChI=1S/C13H16N4O2/c1-10(14)6-11-7-15-16(8-11)9-12-4-2-3-5-13(12)17(18)19/h2-5,7-8,10H,6,9,14H2,1H3. The molecule has 0 saturated carbocycles. The third kappa shape index (κ3) is 3.38. The van der Waals surface area contributed by atoms with Gasteiger partial charge in [-0.1, -0.05) is 18.2 Å². The van der Waals surface area contributed by atoms with Crippen molar-refractivity contribution in [3.05, 3.63) is 57.9 Å². The van der Waals surface area contributed by atoms with E-state index >= 15 is 0 Å². The van der Waals surface area contributed by atoms with Gasteiger partial charge < -0.3 is 5.73 Å². The second kappa shape index (κ2) is 5.62. The molecule has 6 heteroatoms. The van der Waals surface area contributed by atoms with Crippen LogP contribution in [0.25, 0.3) is 0 Å². The number of nitrogens with zero attached hydrogens (tertiary/aromatic N) is 3. The van der Waals surface area contributed by atoms with Crippen molar-refractivity contribution in [3.8, 4) is 0 Å². The summed E-state index contributed by atoms with van der Waals surface area (Å²) in [5.74, 6) is 0. The molecule has 19 heavy (non-hydrogen) atoms. The Labute approximate surface area is 111 Å². The van der Waals surface area contributed by atoms with E-state index in [0.717, 1.165) is 12.0 Å². The first-order valence-corrected chi connectivity index (χ1v) is 6.05. The zero-order valence-electron chi connectivity index (χ0n) is 10.7. The van der Waals surface area contributed by atoms with Crippen LogP contribution in [-0.4, -0.2) is 20.7 Å². The molecule has 1 atom stereocenters. The lowest BCUT2D eigenvalue weighted by atomic mass is 10.1. The molecule has 0 bridgehead atoms. The second-order valence-electron chi connectivity index (χ2n) is 4.61. The summed E-state index contributed by atoms with van der Waals surface area (Å²) in [6.45, 7) is 2.31. The first kappa shape index (κ1) is 13.2. The Kier molecular flexibility index (Phi) is 3.91. The lowest BCUT2D eigenvalue weighted by Gasteiger charge is -2.03. The molecule has 1 aromatic carbocycles. The Morgan fingerprint density at radius 3 is 2.89 bits per heavy atom. The Bertz CT molecular complexity index is 578. The summed E-state index contributed by atoms with van der Waals surface area (Å²) < 4.78 is 1.69. The molecule has 2 N–H and O–H groups in total. The van der Waals surface area contributed by atoms with Gasteiger partial charge in [0.1, 0.15) is 0 Å². The van der Waals surface area contributed by atoms with Crippen LogP contribution in [-0.2, 0) is 13.0 Å². The van der Waals surface area contributed by atoms with Gasteiger partial charge in [0.15, 0.2) is 0 Å². The molecule has 1 aromatic heterocycles. The van der Waals surface area contributed by atoms with Crippen molar-refractivity contribution in [2.45, 2.75) is 25.9 Å². The number of hydrogen-bond acceptors (Lipinski definition) is 4. The largest absolute Gasteiger partial charge is 0.328 e. The van der Waals surface area contributed by atoms with Gasteiger partial charge >= 0.3 is 0 Å². The van der Waals surface area contributed by atoms with Crippen LogP contribution >= 0.6 is 0 Å². The SMILES string of the molecule is CC(N)Cc1cnn(Cc2ccccc2[N+](=O)[O-])c1. The van der Waals surface area contributed by atoms with Crippen LogP contribution in [0.15, 0.2) is 36.7 Å². The number of aromatic nitrogens is 2. The summed E-state index contributed by atoms with van der Waals surface area (Å²) in [5.41, 5.74) is 7.52. The maximum absolute atomic E-state index is 10.9. The van der Waals surface area contributed by atoms with E-state index in [2.05, 4.69) is 5.10 Å². The van der Waals surface area contributed by atoms with Crippen molar-refractivity contribution in [3.63, 3.8) is 0 Å². The molecule has 0 aliphatic heterocycles. The number of nitro benzene ring substituents is 1. The van der Waals surface area contributed by atoms with Crippen LogP contribution in [0.3, 0.4) is 0 Å². The predicted molar refractivity (Wildman–Crippen MR) is 71.8 cm³/mol. The molecule has 0 saturated heterocycles. The lowest BCUT2D eigenvalue weighted by molar-refractivity contribution is -0.385. The van der Waals surface area contributed by atoms with Crippen molar-refractivity contribution in [2.24, 2.45) is 5.73 Å². The predicted octanol–water partition coefficient (Wildman–Crippen LogP) is 1.73. The average molecular weight is 260 g/mol. The van der Waals surface area contributed by atoms with E-state index in [9.17, 15) is 10.1 Å². The minimum absolute atomic E-state index is 0.0729. The zero-order chi connectivity index (χ0) is 13.8. The molecule has 0 spiro atoms. The summed E-state index contributed by atoms with van der Waals surface area (Å²) in [7, 11) is 0. The summed E-state index contributed by atoms with van der Waals surface area (Å²) in [5, 5.41) is 15.1. The highest BCUT2D eigenvalue weighted by Crippen LogP contribution is 2.18. The second-order valence-corrected chi connectivity index (χ2v) is 4.61. The van der Waals surface area contributed by atoms with Gasteiger partial charge in [-0.15, -0.1) is 0 Å². The molecule has 0 aliphatic rings. The monoisotopic (exact) mass is 260 g/mol. The number of nitrogens with two attached hydrogens (primary N) is 1.